The number of non-ortho nitro benzene ring substituents is 1. The van der Waals surface area contributed by atoms with E-state index in [2.05, 4.69) is 20.8 Å². The van der Waals surface area contributed by atoms with E-state index in [0.29, 0.717) is 5.56 Å². The highest BCUT2D eigenvalue weighted by Crippen LogP contribution is 2.22. The quantitative estimate of drug-likeness (QED) is 0.331. The molecule has 0 spiro atoms. The molecule has 10 nitrogen and oxygen atoms in total. The molecular formula is C18H13ClFN5O5. The molecule has 30 heavy (non-hydrogen) atoms. The van der Waals surface area contributed by atoms with Gasteiger partial charge in [-0.1, -0.05) is 16.8 Å². The lowest BCUT2D eigenvalue weighted by Crippen LogP contribution is -2.34. The van der Waals surface area contributed by atoms with Crippen LogP contribution in [-0.2, 0) is 0 Å². The number of hydrogen-bond donors (Lipinski definition) is 2. The molecule has 1 heterocycles. The first-order valence-electron chi connectivity index (χ1n) is 8.45. The zero-order valence-electron chi connectivity index (χ0n) is 15.1. The van der Waals surface area contributed by atoms with Crippen molar-refractivity contribution in [2.75, 3.05) is 13.1 Å². The highest BCUT2D eigenvalue weighted by molar-refractivity contribution is 6.34. The maximum Gasteiger partial charge on any atom is 0.316 e. The summed E-state index contributed by atoms with van der Waals surface area (Å²) in [5.41, 5.74) is 0.309. The summed E-state index contributed by atoms with van der Waals surface area (Å²) < 4.78 is 17.8. The molecule has 0 aliphatic carbocycles. The number of carbonyl (C=O) groups excluding carboxylic acids is 2. The Morgan fingerprint density at radius 3 is 2.40 bits per heavy atom. The number of nitro benzene ring substituents is 1. The third kappa shape index (κ3) is 4.94. The summed E-state index contributed by atoms with van der Waals surface area (Å²) in [7, 11) is 0. The lowest BCUT2D eigenvalue weighted by molar-refractivity contribution is -0.384. The van der Waals surface area contributed by atoms with Crippen LogP contribution in [0.3, 0.4) is 0 Å². The number of amides is 2. The molecule has 3 aromatic rings. The molecule has 12 heteroatoms. The van der Waals surface area contributed by atoms with Crippen LogP contribution in [0.5, 0.6) is 0 Å². The molecule has 0 saturated heterocycles. The second-order valence-electron chi connectivity index (χ2n) is 5.86. The molecule has 0 unspecified atom stereocenters. The Morgan fingerprint density at radius 2 is 1.77 bits per heavy atom. The number of aromatic nitrogens is 2. The topological polar surface area (TPSA) is 140 Å². The maximum atomic E-state index is 13.0. The molecule has 3 rings (SSSR count). The molecule has 1 aromatic heterocycles. The molecule has 0 radical (unpaired) electrons. The highest BCUT2D eigenvalue weighted by atomic mass is 35.5. The SMILES string of the molecule is O=C(NCCNC(=O)c1ccc([N+](=O)[O-])cc1Cl)c1nc(-c2ccc(F)cc2)no1. The van der Waals surface area contributed by atoms with Crippen molar-refractivity contribution >= 4 is 29.1 Å². The highest BCUT2D eigenvalue weighted by Gasteiger charge is 2.17. The van der Waals surface area contributed by atoms with E-state index < -0.39 is 22.6 Å². The lowest BCUT2D eigenvalue weighted by Gasteiger charge is -2.07. The summed E-state index contributed by atoms with van der Waals surface area (Å²) >= 11 is 5.89. The fourth-order valence-electron chi connectivity index (χ4n) is 2.36. The number of carbonyl (C=O) groups is 2. The van der Waals surface area contributed by atoms with Crippen LogP contribution in [-0.4, -0.2) is 40.0 Å². The third-order valence-electron chi connectivity index (χ3n) is 3.83. The minimum absolute atomic E-state index is 0.0451. The summed E-state index contributed by atoms with van der Waals surface area (Å²) in [4.78, 5) is 38.2. The first-order valence-corrected chi connectivity index (χ1v) is 8.83. The first kappa shape index (κ1) is 20.9. The number of halogens is 2. The Morgan fingerprint density at radius 1 is 1.10 bits per heavy atom. The molecule has 2 N–H and O–H groups in total. The minimum Gasteiger partial charge on any atom is -0.350 e. The largest absolute Gasteiger partial charge is 0.350 e. The van der Waals surface area contributed by atoms with E-state index in [-0.39, 0.29) is 41.1 Å². The Labute approximate surface area is 173 Å². The predicted molar refractivity (Wildman–Crippen MR) is 102 cm³/mol. The standard InChI is InChI=1S/C18H13ClFN5O5/c19-14-9-12(25(28)29)5-6-13(14)16(26)21-7-8-22-17(27)18-23-15(24-30-18)10-1-3-11(20)4-2-10/h1-6,9H,7-8H2,(H,21,26)(H,22,27). The Hall–Kier alpha value is -3.86. The molecule has 0 saturated carbocycles. The second kappa shape index (κ2) is 9.09. The van der Waals surface area contributed by atoms with Gasteiger partial charge in [-0.05, 0) is 30.3 Å². The van der Waals surface area contributed by atoms with Crippen LogP contribution in [0, 0.1) is 15.9 Å². The van der Waals surface area contributed by atoms with E-state index in [1.165, 1.54) is 30.3 Å². The van der Waals surface area contributed by atoms with Crippen LogP contribution in [0.1, 0.15) is 21.0 Å². The van der Waals surface area contributed by atoms with Crippen molar-refractivity contribution in [3.8, 4) is 11.4 Å². The molecule has 0 atom stereocenters. The van der Waals surface area contributed by atoms with Crippen molar-refractivity contribution in [3.05, 3.63) is 74.9 Å². The van der Waals surface area contributed by atoms with Crippen molar-refractivity contribution in [3.63, 3.8) is 0 Å². The van der Waals surface area contributed by atoms with Gasteiger partial charge in [0.15, 0.2) is 0 Å². The van der Waals surface area contributed by atoms with Gasteiger partial charge in [-0.15, -0.1) is 0 Å². The van der Waals surface area contributed by atoms with Gasteiger partial charge in [0.1, 0.15) is 5.82 Å². The van der Waals surface area contributed by atoms with E-state index in [0.717, 1.165) is 12.1 Å². The van der Waals surface area contributed by atoms with Gasteiger partial charge in [0, 0.05) is 30.8 Å². The summed E-state index contributed by atoms with van der Waals surface area (Å²) in [5, 5.41) is 19.3. The second-order valence-corrected chi connectivity index (χ2v) is 6.27. The van der Waals surface area contributed by atoms with Gasteiger partial charge in [-0.25, -0.2) is 4.39 Å². The number of benzene rings is 2. The van der Waals surface area contributed by atoms with Crippen molar-refractivity contribution in [1.29, 1.82) is 0 Å². The fourth-order valence-corrected chi connectivity index (χ4v) is 2.62. The summed E-state index contributed by atoms with van der Waals surface area (Å²) in [6.07, 6.45) is 0. The average molecular weight is 434 g/mol. The van der Waals surface area contributed by atoms with E-state index in [4.69, 9.17) is 16.1 Å². The van der Waals surface area contributed by atoms with Gasteiger partial charge in [-0.2, -0.15) is 4.98 Å². The molecule has 0 fully saturated rings. The fraction of sp³-hybridized carbons (Fsp3) is 0.111. The Kier molecular flexibility index (Phi) is 6.32. The number of hydrogen-bond acceptors (Lipinski definition) is 7. The Balaban J connectivity index is 1.50. The number of nitrogens with one attached hydrogen (secondary N) is 2. The summed E-state index contributed by atoms with van der Waals surface area (Å²) in [6, 6.07) is 8.82. The van der Waals surface area contributed by atoms with Gasteiger partial charge in [0.05, 0.1) is 15.5 Å². The molecule has 0 bridgehead atoms. The van der Waals surface area contributed by atoms with Crippen molar-refractivity contribution < 1.29 is 23.4 Å². The smallest absolute Gasteiger partial charge is 0.316 e. The molecule has 0 aliphatic rings. The van der Waals surface area contributed by atoms with Crippen LogP contribution in [0.15, 0.2) is 47.0 Å². The van der Waals surface area contributed by atoms with Gasteiger partial charge in [0.25, 0.3) is 11.6 Å². The Bertz CT molecular complexity index is 1100. The van der Waals surface area contributed by atoms with Crippen molar-refractivity contribution in [1.82, 2.24) is 20.8 Å². The number of nitro groups is 1. The monoisotopic (exact) mass is 433 g/mol. The molecule has 2 aromatic carbocycles. The van der Waals surface area contributed by atoms with E-state index in [1.54, 1.807) is 0 Å². The van der Waals surface area contributed by atoms with E-state index >= 15 is 0 Å². The van der Waals surface area contributed by atoms with Crippen molar-refractivity contribution in [2.24, 2.45) is 0 Å². The lowest BCUT2D eigenvalue weighted by atomic mass is 10.2. The first-order chi connectivity index (χ1) is 14.3. The molecule has 154 valence electrons. The van der Waals surface area contributed by atoms with Gasteiger partial charge < -0.3 is 15.2 Å². The van der Waals surface area contributed by atoms with Crippen LogP contribution >= 0.6 is 11.6 Å². The summed E-state index contributed by atoms with van der Waals surface area (Å²) in [5.74, 6) is -1.79. The zero-order chi connectivity index (χ0) is 21.7. The summed E-state index contributed by atoms with van der Waals surface area (Å²) in [6.45, 7) is 0.0975. The third-order valence-corrected chi connectivity index (χ3v) is 4.14. The van der Waals surface area contributed by atoms with Crippen LogP contribution < -0.4 is 10.6 Å². The van der Waals surface area contributed by atoms with Crippen LogP contribution in [0.25, 0.3) is 11.4 Å². The normalized spacial score (nSPS) is 10.5. The van der Waals surface area contributed by atoms with E-state index in [9.17, 15) is 24.1 Å². The molecular weight excluding hydrogens is 421 g/mol. The van der Waals surface area contributed by atoms with Gasteiger partial charge >= 0.3 is 11.8 Å². The molecule has 2 amide bonds. The van der Waals surface area contributed by atoms with Gasteiger partial charge in [-0.3, -0.25) is 19.7 Å². The predicted octanol–water partition coefficient (Wildman–Crippen LogP) is 2.60. The van der Waals surface area contributed by atoms with E-state index in [1.807, 2.05) is 0 Å². The van der Waals surface area contributed by atoms with Crippen molar-refractivity contribution in [2.45, 2.75) is 0 Å². The minimum atomic E-state index is -0.654. The number of nitrogens with zero attached hydrogens (tertiary/aromatic N) is 3. The van der Waals surface area contributed by atoms with Crippen LogP contribution in [0.2, 0.25) is 5.02 Å². The number of rotatable bonds is 7. The zero-order valence-corrected chi connectivity index (χ0v) is 15.9. The maximum absolute atomic E-state index is 13.0. The molecule has 0 aliphatic heterocycles. The van der Waals surface area contributed by atoms with Crippen LogP contribution in [0.4, 0.5) is 10.1 Å². The average Bonchev–Trinajstić information content (AvgIpc) is 3.21. The van der Waals surface area contributed by atoms with Gasteiger partial charge in [0.2, 0.25) is 5.82 Å².